The molecule has 1 aliphatic rings. The zero-order valence-electron chi connectivity index (χ0n) is 16.2. The van der Waals surface area contributed by atoms with Gasteiger partial charge in [0.2, 0.25) is 0 Å². The van der Waals surface area contributed by atoms with Gasteiger partial charge in [-0.15, -0.1) is 0 Å². The lowest BCUT2D eigenvalue weighted by Crippen LogP contribution is -2.46. The summed E-state index contributed by atoms with van der Waals surface area (Å²) in [7, 11) is 1.70. The summed E-state index contributed by atoms with van der Waals surface area (Å²) in [5.41, 5.74) is 1.76. The van der Waals surface area contributed by atoms with Gasteiger partial charge in [-0.1, -0.05) is 32.9 Å². The lowest BCUT2D eigenvalue weighted by Gasteiger charge is -2.49. The number of ether oxygens (including phenoxy) is 2. The van der Waals surface area contributed by atoms with Gasteiger partial charge in [0.15, 0.2) is 0 Å². The second kappa shape index (κ2) is 8.35. The summed E-state index contributed by atoms with van der Waals surface area (Å²) < 4.78 is 11.3. The maximum Gasteiger partial charge on any atom is 0.118 e. The minimum atomic E-state index is 0.0541. The highest BCUT2D eigenvalue weighted by atomic mass is 16.5. The van der Waals surface area contributed by atoms with Gasteiger partial charge in [0, 0.05) is 13.2 Å². The Morgan fingerprint density at radius 2 is 1.96 bits per heavy atom. The van der Waals surface area contributed by atoms with E-state index in [0.717, 1.165) is 31.9 Å². The Bertz CT molecular complexity index is 499. The average molecular weight is 334 g/mol. The van der Waals surface area contributed by atoms with E-state index in [9.17, 15) is 0 Å². The molecular weight excluding hydrogens is 298 g/mol. The van der Waals surface area contributed by atoms with Gasteiger partial charge in [-0.25, -0.2) is 0 Å². The molecule has 2 atom stereocenters. The first-order chi connectivity index (χ1) is 11.4. The monoisotopic (exact) mass is 333 g/mol. The van der Waals surface area contributed by atoms with E-state index in [-0.39, 0.29) is 5.60 Å². The zero-order valence-corrected chi connectivity index (χ0v) is 16.2. The van der Waals surface area contributed by atoms with Gasteiger partial charge in [-0.05, 0) is 68.2 Å². The maximum absolute atomic E-state index is 6.09. The molecule has 136 valence electrons. The summed E-state index contributed by atoms with van der Waals surface area (Å²) in [5, 5.41) is 3.63. The van der Waals surface area contributed by atoms with Crippen LogP contribution in [-0.4, -0.2) is 25.9 Å². The van der Waals surface area contributed by atoms with Crippen molar-refractivity contribution in [2.24, 2.45) is 11.3 Å². The molecule has 1 saturated heterocycles. The summed E-state index contributed by atoms with van der Waals surface area (Å²) in [4.78, 5) is 0. The highest BCUT2D eigenvalue weighted by molar-refractivity contribution is 5.26. The normalized spacial score (nSPS) is 27.4. The van der Waals surface area contributed by atoms with Crippen LogP contribution in [0, 0.1) is 11.3 Å². The molecule has 0 aliphatic carbocycles. The Hall–Kier alpha value is -1.06. The third-order valence-corrected chi connectivity index (χ3v) is 6.04. The van der Waals surface area contributed by atoms with Gasteiger partial charge in [0.1, 0.15) is 5.75 Å². The highest BCUT2D eigenvalue weighted by Gasteiger charge is 2.43. The molecule has 3 nitrogen and oxygen atoms in total. The molecule has 1 aromatic rings. The summed E-state index contributed by atoms with van der Waals surface area (Å²) in [6.45, 7) is 12.2. The van der Waals surface area contributed by atoms with Crippen molar-refractivity contribution in [1.29, 1.82) is 0 Å². The molecular formula is C21H35NO2. The quantitative estimate of drug-likeness (QED) is 0.693. The summed E-state index contributed by atoms with van der Waals surface area (Å²) >= 11 is 0. The van der Waals surface area contributed by atoms with Crippen molar-refractivity contribution >= 4 is 0 Å². The highest BCUT2D eigenvalue weighted by Crippen LogP contribution is 2.47. The largest absolute Gasteiger partial charge is 0.497 e. The number of nitrogens with one attached hydrogen (secondary N) is 1. The van der Waals surface area contributed by atoms with Crippen molar-refractivity contribution in [2.45, 2.75) is 65.5 Å². The summed E-state index contributed by atoms with van der Waals surface area (Å²) in [6, 6.07) is 8.31. The minimum Gasteiger partial charge on any atom is -0.497 e. The molecule has 1 aliphatic heterocycles. The van der Waals surface area contributed by atoms with Crippen molar-refractivity contribution in [3.63, 3.8) is 0 Å². The molecule has 1 aromatic carbocycles. The van der Waals surface area contributed by atoms with Gasteiger partial charge in [0.25, 0.3) is 0 Å². The molecule has 0 amide bonds. The van der Waals surface area contributed by atoms with Gasteiger partial charge in [0.05, 0.1) is 12.7 Å². The molecule has 0 aromatic heterocycles. The smallest absolute Gasteiger partial charge is 0.118 e. The first-order valence-electron chi connectivity index (χ1n) is 9.41. The third-order valence-electron chi connectivity index (χ3n) is 6.04. The molecule has 1 fully saturated rings. The lowest BCUT2D eigenvalue weighted by molar-refractivity contribution is -0.132. The number of benzene rings is 1. The zero-order chi connectivity index (χ0) is 17.6. The Morgan fingerprint density at radius 1 is 1.25 bits per heavy atom. The van der Waals surface area contributed by atoms with Crippen LogP contribution in [-0.2, 0) is 11.3 Å². The third kappa shape index (κ3) is 4.73. The molecule has 24 heavy (non-hydrogen) atoms. The van der Waals surface area contributed by atoms with Crippen LogP contribution in [0.4, 0.5) is 0 Å². The van der Waals surface area contributed by atoms with Crippen molar-refractivity contribution in [3.05, 3.63) is 29.8 Å². The molecule has 3 heteroatoms. The van der Waals surface area contributed by atoms with E-state index in [0.29, 0.717) is 11.3 Å². The number of hydrogen-bond acceptors (Lipinski definition) is 3. The molecule has 0 saturated carbocycles. The van der Waals surface area contributed by atoms with Crippen LogP contribution in [0.1, 0.15) is 58.9 Å². The molecule has 0 bridgehead atoms. The second-order valence-electron chi connectivity index (χ2n) is 7.87. The number of hydrogen-bond donors (Lipinski definition) is 1. The van der Waals surface area contributed by atoms with Crippen LogP contribution in [0.5, 0.6) is 5.75 Å². The first kappa shape index (κ1) is 19.3. The van der Waals surface area contributed by atoms with E-state index >= 15 is 0 Å². The van der Waals surface area contributed by atoms with Crippen LogP contribution in [0.15, 0.2) is 24.3 Å². The fraction of sp³-hybridized carbons (Fsp3) is 0.714. The predicted octanol–water partition coefficient (Wildman–Crippen LogP) is 4.80. The Kier molecular flexibility index (Phi) is 6.70. The van der Waals surface area contributed by atoms with Gasteiger partial charge >= 0.3 is 0 Å². The first-order valence-corrected chi connectivity index (χ1v) is 9.41. The number of methoxy groups -OCH3 is 1. The van der Waals surface area contributed by atoms with E-state index in [1.165, 1.54) is 24.8 Å². The van der Waals surface area contributed by atoms with E-state index in [2.05, 4.69) is 45.1 Å². The van der Waals surface area contributed by atoms with Crippen molar-refractivity contribution in [3.8, 4) is 5.75 Å². The van der Waals surface area contributed by atoms with Crippen LogP contribution in [0.25, 0.3) is 0 Å². The van der Waals surface area contributed by atoms with Crippen LogP contribution in [0.3, 0.4) is 0 Å². The van der Waals surface area contributed by atoms with Crippen molar-refractivity contribution in [1.82, 2.24) is 5.32 Å². The Balaban J connectivity index is 1.87. The van der Waals surface area contributed by atoms with Crippen LogP contribution < -0.4 is 10.1 Å². The van der Waals surface area contributed by atoms with Crippen molar-refractivity contribution < 1.29 is 9.47 Å². The molecule has 0 spiro atoms. The summed E-state index contributed by atoms with van der Waals surface area (Å²) in [6.07, 6.45) is 4.68. The predicted molar refractivity (Wildman–Crippen MR) is 100 cm³/mol. The second-order valence-corrected chi connectivity index (χ2v) is 7.87. The molecule has 1 heterocycles. The van der Waals surface area contributed by atoms with E-state index < -0.39 is 0 Å². The van der Waals surface area contributed by atoms with Crippen LogP contribution >= 0.6 is 0 Å². The summed E-state index contributed by atoms with van der Waals surface area (Å²) in [5.74, 6) is 1.61. The Labute approximate surface area is 148 Å². The topological polar surface area (TPSA) is 30.5 Å². The standard InChI is InChI=1S/C21H35NO2/c1-6-20(4)16-21(17(2)3,12-14-24-20)11-13-22-15-18-7-9-19(23-5)10-8-18/h7-10,17,22H,6,11-16H2,1-5H3/t20-,21+/m0/s1. The van der Waals surface area contributed by atoms with Gasteiger partial charge < -0.3 is 14.8 Å². The molecule has 0 unspecified atom stereocenters. The minimum absolute atomic E-state index is 0.0541. The Morgan fingerprint density at radius 3 is 2.54 bits per heavy atom. The van der Waals surface area contributed by atoms with Crippen molar-refractivity contribution in [2.75, 3.05) is 20.3 Å². The lowest BCUT2D eigenvalue weighted by atomic mass is 9.64. The SMILES string of the molecule is CC[C@@]1(C)C[C@](CCNCc2ccc(OC)cc2)(C(C)C)CCO1. The molecule has 0 radical (unpaired) electrons. The van der Waals surface area contributed by atoms with E-state index in [1.807, 2.05) is 12.1 Å². The van der Waals surface area contributed by atoms with Gasteiger partial charge in [-0.2, -0.15) is 0 Å². The van der Waals surface area contributed by atoms with Gasteiger partial charge in [-0.3, -0.25) is 0 Å². The maximum atomic E-state index is 6.09. The van der Waals surface area contributed by atoms with E-state index in [1.54, 1.807) is 7.11 Å². The molecule has 1 N–H and O–H groups in total. The molecule has 2 rings (SSSR count). The van der Waals surface area contributed by atoms with E-state index in [4.69, 9.17) is 9.47 Å². The average Bonchev–Trinajstić information content (AvgIpc) is 2.59. The fourth-order valence-corrected chi connectivity index (χ4v) is 3.92. The van der Waals surface area contributed by atoms with Crippen LogP contribution in [0.2, 0.25) is 0 Å². The number of rotatable bonds is 8. The fourth-order valence-electron chi connectivity index (χ4n) is 3.92.